The highest BCUT2D eigenvalue weighted by Crippen LogP contribution is 2.31. The van der Waals surface area contributed by atoms with Gasteiger partial charge in [-0.3, -0.25) is 0 Å². The summed E-state index contributed by atoms with van der Waals surface area (Å²) < 4.78 is 42.3. The first-order valence-electron chi connectivity index (χ1n) is 5.58. The predicted octanol–water partition coefficient (Wildman–Crippen LogP) is 3.94. The fourth-order valence-electron chi connectivity index (χ4n) is 1.81. The highest BCUT2D eigenvalue weighted by Gasteiger charge is 2.30. The summed E-state index contributed by atoms with van der Waals surface area (Å²) in [5.41, 5.74) is 0.331. The zero-order valence-electron chi connectivity index (χ0n) is 10.3. The van der Waals surface area contributed by atoms with Gasteiger partial charge in [0.2, 0.25) is 0 Å². The molecular formula is C14H11F3O2. The number of rotatable bonds is 1. The Labute approximate surface area is 107 Å². The van der Waals surface area contributed by atoms with Crippen molar-refractivity contribution < 1.29 is 17.6 Å². The van der Waals surface area contributed by atoms with Crippen molar-refractivity contribution in [2.45, 2.75) is 20.0 Å². The minimum absolute atomic E-state index is 0.380. The van der Waals surface area contributed by atoms with E-state index in [0.717, 1.165) is 12.1 Å². The molecule has 0 N–H and O–H groups in total. The molecular weight excluding hydrogens is 257 g/mol. The summed E-state index contributed by atoms with van der Waals surface area (Å²) >= 11 is 0. The lowest BCUT2D eigenvalue weighted by atomic mass is 10.0. The molecule has 100 valence electrons. The first-order valence-corrected chi connectivity index (χ1v) is 5.58. The summed E-state index contributed by atoms with van der Waals surface area (Å²) in [7, 11) is 0. The minimum atomic E-state index is -4.36. The molecule has 0 spiro atoms. The predicted molar refractivity (Wildman–Crippen MR) is 64.9 cm³/mol. The molecule has 1 aromatic carbocycles. The average Bonchev–Trinajstić information content (AvgIpc) is 2.33. The number of hydrogen-bond acceptors (Lipinski definition) is 2. The molecule has 0 bridgehead atoms. The lowest BCUT2D eigenvalue weighted by Crippen LogP contribution is -2.06. The fraction of sp³-hybridized carbons (Fsp3) is 0.214. The van der Waals surface area contributed by atoms with Gasteiger partial charge in [-0.2, -0.15) is 13.2 Å². The average molecular weight is 268 g/mol. The van der Waals surface area contributed by atoms with Crippen LogP contribution in [-0.2, 0) is 6.18 Å². The topological polar surface area (TPSA) is 30.2 Å². The van der Waals surface area contributed by atoms with Gasteiger partial charge in [0.1, 0.15) is 5.76 Å². The summed E-state index contributed by atoms with van der Waals surface area (Å²) in [6.45, 7) is 3.20. The van der Waals surface area contributed by atoms with Crippen LogP contribution in [0.2, 0.25) is 0 Å². The highest BCUT2D eigenvalue weighted by molar-refractivity contribution is 5.67. The van der Waals surface area contributed by atoms with Crippen LogP contribution in [0.1, 0.15) is 16.9 Å². The van der Waals surface area contributed by atoms with E-state index in [1.165, 1.54) is 12.1 Å². The maximum absolute atomic E-state index is 12.5. The largest absolute Gasteiger partial charge is 0.428 e. The lowest BCUT2D eigenvalue weighted by molar-refractivity contribution is -0.137. The van der Waals surface area contributed by atoms with Crippen LogP contribution in [0.3, 0.4) is 0 Å². The molecule has 0 aliphatic carbocycles. The second-order valence-corrected chi connectivity index (χ2v) is 4.26. The fourth-order valence-corrected chi connectivity index (χ4v) is 1.81. The molecule has 0 radical (unpaired) electrons. The second-order valence-electron chi connectivity index (χ2n) is 4.26. The molecule has 2 aromatic rings. The summed E-state index contributed by atoms with van der Waals surface area (Å²) in [5.74, 6) is 0.422. The van der Waals surface area contributed by atoms with Gasteiger partial charge < -0.3 is 4.42 Å². The van der Waals surface area contributed by atoms with Crippen molar-refractivity contribution in [1.82, 2.24) is 0 Å². The van der Waals surface area contributed by atoms with Crippen molar-refractivity contribution >= 4 is 0 Å². The van der Waals surface area contributed by atoms with E-state index in [1.807, 2.05) is 0 Å². The van der Waals surface area contributed by atoms with E-state index >= 15 is 0 Å². The van der Waals surface area contributed by atoms with E-state index in [4.69, 9.17) is 4.42 Å². The van der Waals surface area contributed by atoms with Crippen LogP contribution in [0.25, 0.3) is 11.1 Å². The van der Waals surface area contributed by atoms with Crippen LogP contribution in [0, 0.1) is 13.8 Å². The van der Waals surface area contributed by atoms with E-state index in [-0.39, 0.29) is 0 Å². The monoisotopic (exact) mass is 268 g/mol. The number of benzene rings is 1. The van der Waals surface area contributed by atoms with Gasteiger partial charge >= 0.3 is 11.8 Å². The van der Waals surface area contributed by atoms with E-state index in [9.17, 15) is 18.0 Å². The van der Waals surface area contributed by atoms with Gasteiger partial charge in [0.15, 0.2) is 0 Å². The van der Waals surface area contributed by atoms with Crippen LogP contribution in [0.15, 0.2) is 39.5 Å². The van der Waals surface area contributed by atoms with E-state index in [0.29, 0.717) is 22.5 Å². The number of hydrogen-bond donors (Lipinski definition) is 0. The second kappa shape index (κ2) is 4.57. The van der Waals surface area contributed by atoms with Crippen LogP contribution in [0.4, 0.5) is 13.2 Å². The highest BCUT2D eigenvalue weighted by atomic mass is 19.4. The van der Waals surface area contributed by atoms with Crippen LogP contribution in [-0.4, -0.2) is 0 Å². The Morgan fingerprint density at radius 2 is 1.63 bits per heavy atom. The Morgan fingerprint density at radius 3 is 2.16 bits per heavy atom. The molecule has 19 heavy (non-hydrogen) atoms. The molecule has 1 heterocycles. The summed E-state index contributed by atoms with van der Waals surface area (Å²) in [6.07, 6.45) is -4.36. The molecule has 2 nitrogen and oxygen atoms in total. The molecule has 0 aliphatic heterocycles. The third-order valence-corrected chi connectivity index (χ3v) is 2.83. The summed E-state index contributed by atoms with van der Waals surface area (Å²) in [4.78, 5) is 11.5. The molecule has 0 fully saturated rings. The van der Waals surface area contributed by atoms with Gasteiger partial charge in [0, 0.05) is 5.56 Å². The van der Waals surface area contributed by atoms with Gasteiger partial charge in [0.25, 0.3) is 0 Å². The molecule has 0 atom stereocenters. The van der Waals surface area contributed by atoms with Gasteiger partial charge in [-0.1, -0.05) is 12.1 Å². The molecule has 0 saturated carbocycles. The van der Waals surface area contributed by atoms with Gasteiger partial charge in [0.05, 0.1) is 5.56 Å². The number of halogens is 3. The standard InChI is InChI=1S/C14H11F3O2/c1-8-7-12(9(2)13(18)19-8)10-3-5-11(6-4-10)14(15,16)17/h3-7H,1-2H3. The maximum Gasteiger partial charge on any atom is 0.416 e. The molecule has 0 aliphatic rings. The molecule has 0 saturated heterocycles. The van der Waals surface area contributed by atoms with Crippen molar-refractivity contribution in [3.8, 4) is 11.1 Å². The lowest BCUT2D eigenvalue weighted by Gasteiger charge is -2.09. The SMILES string of the molecule is Cc1cc(-c2ccc(C(F)(F)F)cc2)c(C)c(=O)o1. The Balaban J connectivity index is 2.52. The minimum Gasteiger partial charge on any atom is -0.428 e. The van der Waals surface area contributed by atoms with Crippen molar-refractivity contribution in [1.29, 1.82) is 0 Å². The van der Waals surface area contributed by atoms with Crippen molar-refractivity contribution in [3.63, 3.8) is 0 Å². The van der Waals surface area contributed by atoms with Crippen LogP contribution >= 0.6 is 0 Å². The van der Waals surface area contributed by atoms with Crippen molar-refractivity contribution in [2.75, 3.05) is 0 Å². The van der Waals surface area contributed by atoms with Gasteiger partial charge in [-0.25, -0.2) is 4.79 Å². The smallest absolute Gasteiger partial charge is 0.416 e. The van der Waals surface area contributed by atoms with E-state index in [1.54, 1.807) is 19.9 Å². The normalized spacial score (nSPS) is 11.6. The van der Waals surface area contributed by atoms with Crippen LogP contribution < -0.4 is 5.63 Å². The van der Waals surface area contributed by atoms with E-state index < -0.39 is 17.4 Å². The quantitative estimate of drug-likeness (QED) is 0.784. The Kier molecular flexibility index (Phi) is 3.22. The van der Waals surface area contributed by atoms with Gasteiger partial charge in [-0.15, -0.1) is 0 Å². The molecule has 0 amide bonds. The third kappa shape index (κ3) is 2.70. The van der Waals surface area contributed by atoms with Crippen molar-refractivity contribution in [2.24, 2.45) is 0 Å². The maximum atomic E-state index is 12.5. The Hall–Kier alpha value is -2.04. The summed E-state index contributed by atoms with van der Waals surface area (Å²) in [6, 6.07) is 6.34. The molecule has 1 aromatic heterocycles. The Bertz CT molecular complexity index is 652. The zero-order valence-corrected chi connectivity index (χ0v) is 10.3. The zero-order chi connectivity index (χ0) is 14.2. The van der Waals surface area contributed by atoms with Gasteiger partial charge in [-0.05, 0) is 43.2 Å². The van der Waals surface area contributed by atoms with Crippen molar-refractivity contribution in [3.05, 3.63) is 57.6 Å². The first-order chi connectivity index (χ1) is 8.79. The Morgan fingerprint density at radius 1 is 1.05 bits per heavy atom. The first kappa shape index (κ1) is 13.4. The molecule has 2 rings (SSSR count). The summed E-state index contributed by atoms with van der Waals surface area (Å²) in [5, 5.41) is 0. The number of alkyl halides is 3. The molecule has 5 heteroatoms. The molecule has 0 unspecified atom stereocenters. The van der Waals surface area contributed by atoms with E-state index in [2.05, 4.69) is 0 Å². The number of aryl methyl sites for hydroxylation is 1. The van der Waals surface area contributed by atoms with Crippen LogP contribution in [0.5, 0.6) is 0 Å². The third-order valence-electron chi connectivity index (χ3n) is 2.83.